The number of aromatic nitrogens is 2. The van der Waals surface area contributed by atoms with E-state index in [1.165, 1.54) is 30.7 Å². The first-order valence-electron chi connectivity index (χ1n) is 4.52. The number of H-pyrrole nitrogens is 1. The molecule has 3 heteroatoms. The second kappa shape index (κ2) is 2.81. The second-order valence-corrected chi connectivity index (χ2v) is 3.59. The van der Waals surface area contributed by atoms with Gasteiger partial charge in [-0.25, -0.2) is 4.98 Å². The van der Waals surface area contributed by atoms with Gasteiger partial charge in [-0.2, -0.15) is 0 Å². The summed E-state index contributed by atoms with van der Waals surface area (Å²) < 4.78 is 0. The summed E-state index contributed by atoms with van der Waals surface area (Å²) in [6.45, 7) is 0. The maximum absolute atomic E-state index is 4.52. The second-order valence-electron chi connectivity index (χ2n) is 3.59. The first-order valence-corrected chi connectivity index (χ1v) is 4.52. The molecule has 0 amide bonds. The highest BCUT2D eigenvalue weighted by Crippen LogP contribution is 2.21. The maximum Gasteiger partial charge on any atom is 0.202 e. The van der Waals surface area contributed by atoms with Crippen LogP contribution in [0.25, 0.3) is 0 Å². The molecule has 0 aliphatic heterocycles. The minimum atomic E-state index is 1.00. The fraction of sp³-hybridized carbons (Fsp3) is 0.667. The lowest BCUT2D eigenvalue weighted by Crippen LogP contribution is -2.10. The molecule has 2 rings (SSSR count). The van der Waals surface area contributed by atoms with Gasteiger partial charge < -0.3 is 9.88 Å². The molecule has 0 bridgehead atoms. The Balaban J connectivity index is 2.32. The molecule has 0 spiro atoms. The molecular formula is C9H15N3. The predicted octanol–water partition coefficient (Wildman–Crippen LogP) is 1.35. The standard InChI is InChI=1S/C9H15N3/c1-12(2)9-10-7-5-3-4-6-8(7)11-9/h3-6H2,1-2H3,(H,10,11). The molecule has 0 aromatic carbocycles. The molecule has 0 saturated carbocycles. The van der Waals surface area contributed by atoms with Crippen molar-refractivity contribution in [3.05, 3.63) is 11.4 Å². The van der Waals surface area contributed by atoms with E-state index in [1.807, 2.05) is 19.0 Å². The number of imidazole rings is 1. The first-order chi connectivity index (χ1) is 5.77. The van der Waals surface area contributed by atoms with Gasteiger partial charge in [-0.3, -0.25) is 0 Å². The molecule has 0 radical (unpaired) electrons. The Bertz CT molecular complexity index is 252. The van der Waals surface area contributed by atoms with Gasteiger partial charge in [0.25, 0.3) is 0 Å². The number of anilines is 1. The third kappa shape index (κ3) is 1.19. The van der Waals surface area contributed by atoms with Crippen LogP contribution in [-0.2, 0) is 12.8 Å². The topological polar surface area (TPSA) is 31.9 Å². The van der Waals surface area contributed by atoms with Crippen molar-refractivity contribution in [1.82, 2.24) is 9.97 Å². The quantitative estimate of drug-likeness (QED) is 0.681. The predicted molar refractivity (Wildman–Crippen MR) is 49.6 cm³/mol. The summed E-state index contributed by atoms with van der Waals surface area (Å²) in [5.41, 5.74) is 2.63. The van der Waals surface area contributed by atoms with Gasteiger partial charge in [0.2, 0.25) is 5.95 Å². The minimum absolute atomic E-state index is 1.00. The van der Waals surface area contributed by atoms with Crippen LogP contribution >= 0.6 is 0 Å². The Labute approximate surface area is 72.8 Å². The van der Waals surface area contributed by atoms with Crippen LogP contribution in [0.4, 0.5) is 5.95 Å². The van der Waals surface area contributed by atoms with Crippen molar-refractivity contribution in [3.63, 3.8) is 0 Å². The zero-order chi connectivity index (χ0) is 8.55. The van der Waals surface area contributed by atoms with Crippen molar-refractivity contribution >= 4 is 5.95 Å². The number of fused-ring (bicyclic) bond motifs is 1. The zero-order valence-corrected chi connectivity index (χ0v) is 7.72. The number of rotatable bonds is 1. The van der Waals surface area contributed by atoms with E-state index in [4.69, 9.17) is 0 Å². The van der Waals surface area contributed by atoms with Gasteiger partial charge in [0.15, 0.2) is 0 Å². The fourth-order valence-electron chi connectivity index (χ4n) is 1.65. The molecule has 1 heterocycles. The average Bonchev–Trinajstić information content (AvgIpc) is 2.46. The molecular weight excluding hydrogens is 150 g/mol. The van der Waals surface area contributed by atoms with Crippen LogP contribution in [0.3, 0.4) is 0 Å². The lowest BCUT2D eigenvalue weighted by molar-refractivity contribution is 0.667. The number of hydrogen-bond donors (Lipinski definition) is 1. The summed E-state index contributed by atoms with van der Waals surface area (Å²) in [6, 6.07) is 0. The molecule has 0 saturated heterocycles. The van der Waals surface area contributed by atoms with E-state index in [0.29, 0.717) is 0 Å². The molecule has 1 aliphatic carbocycles. The maximum atomic E-state index is 4.52. The van der Waals surface area contributed by atoms with Crippen LogP contribution in [0.15, 0.2) is 0 Å². The number of nitrogens with zero attached hydrogens (tertiary/aromatic N) is 2. The van der Waals surface area contributed by atoms with Crippen molar-refractivity contribution in [1.29, 1.82) is 0 Å². The summed E-state index contributed by atoms with van der Waals surface area (Å²) >= 11 is 0. The smallest absolute Gasteiger partial charge is 0.202 e. The van der Waals surface area contributed by atoms with Gasteiger partial charge in [0, 0.05) is 19.8 Å². The highest BCUT2D eigenvalue weighted by atomic mass is 15.2. The summed E-state index contributed by atoms with van der Waals surface area (Å²) in [4.78, 5) is 9.89. The highest BCUT2D eigenvalue weighted by Gasteiger charge is 2.14. The number of nitrogens with one attached hydrogen (secondary N) is 1. The third-order valence-corrected chi connectivity index (χ3v) is 2.37. The van der Waals surface area contributed by atoms with Crippen LogP contribution in [0.1, 0.15) is 24.2 Å². The van der Waals surface area contributed by atoms with Crippen LogP contribution in [0, 0.1) is 0 Å². The Kier molecular flexibility index (Phi) is 1.79. The lowest BCUT2D eigenvalue weighted by Gasteiger charge is -2.07. The first kappa shape index (κ1) is 7.65. The number of aromatic amines is 1. The monoisotopic (exact) mass is 165 g/mol. The van der Waals surface area contributed by atoms with E-state index in [9.17, 15) is 0 Å². The molecule has 0 atom stereocenters. The van der Waals surface area contributed by atoms with E-state index >= 15 is 0 Å². The molecule has 0 unspecified atom stereocenters. The van der Waals surface area contributed by atoms with E-state index in [0.717, 1.165) is 12.4 Å². The van der Waals surface area contributed by atoms with E-state index in [1.54, 1.807) is 0 Å². The minimum Gasteiger partial charge on any atom is -0.349 e. The molecule has 3 nitrogen and oxygen atoms in total. The van der Waals surface area contributed by atoms with Gasteiger partial charge in [-0.1, -0.05) is 0 Å². The normalized spacial score (nSPS) is 15.8. The molecule has 1 aliphatic rings. The van der Waals surface area contributed by atoms with Crippen LogP contribution < -0.4 is 4.90 Å². The van der Waals surface area contributed by atoms with Crippen LogP contribution in [0.5, 0.6) is 0 Å². The molecule has 66 valence electrons. The Morgan fingerprint density at radius 3 is 2.67 bits per heavy atom. The zero-order valence-electron chi connectivity index (χ0n) is 7.72. The molecule has 1 N–H and O–H groups in total. The van der Waals surface area contributed by atoms with Gasteiger partial charge in [-0.15, -0.1) is 0 Å². The summed E-state index contributed by atoms with van der Waals surface area (Å²) in [7, 11) is 4.04. The van der Waals surface area contributed by atoms with E-state index in [-0.39, 0.29) is 0 Å². The molecule has 1 aromatic rings. The van der Waals surface area contributed by atoms with Crippen molar-refractivity contribution in [2.24, 2.45) is 0 Å². The summed E-state index contributed by atoms with van der Waals surface area (Å²) in [5, 5.41) is 0. The average molecular weight is 165 g/mol. The highest BCUT2D eigenvalue weighted by molar-refractivity contribution is 5.33. The van der Waals surface area contributed by atoms with Crippen molar-refractivity contribution in [2.75, 3.05) is 19.0 Å². The van der Waals surface area contributed by atoms with Crippen molar-refractivity contribution < 1.29 is 0 Å². The van der Waals surface area contributed by atoms with Gasteiger partial charge >= 0.3 is 0 Å². The van der Waals surface area contributed by atoms with E-state index in [2.05, 4.69) is 9.97 Å². The Hall–Kier alpha value is -0.990. The molecule has 12 heavy (non-hydrogen) atoms. The number of hydrogen-bond acceptors (Lipinski definition) is 2. The lowest BCUT2D eigenvalue weighted by atomic mass is 10.0. The SMILES string of the molecule is CN(C)c1nc2c([nH]1)CCCC2. The molecule has 0 fully saturated rings. The Morgan fingerprint density at radius 2 is 2.00 bits per heavy atom. The summed E-state index contributed by atoms with van der Waals surface area (Å²) in [6.07, 6.45) is 4.93. The third-order valence-electron chi connectivity index (χ3n) is 2.37. The largest absolute Gasteiger partial charge is 0.349 e. The van der Waals surface area contributed by atoms with E-state index < -0.39 is 0 Å². The fourth-order valence-corrected chi connectivity index (χ4v) is 1.65. The summed E-state index contributed by atoms with van der Waals surface area (Å²) in [5.74, 6) is 1.00. The van der Waals surface area contributed by atoms with Crippen LogP contribution in [-0.4, -0.2) is 24.1 Å². The molecule has 1 aromatic heterocycles. The Morgan fingerprint density at radius 1 is 1.25 bits per heavy atom. The van der Waals surface area contributed by atoms with Gasteiger partial charge in [0.1, 0.15) is 0 Å². The van der Waals surface area contributed by atoms with Crippen LogP contribution in [0.2, 0.25) is 0 Å². The van der Waals surface area contributed by atoms with Crippen molar-refractivity contribution in [2.45, 2.75) is 25.7 Å². The van der Waals surface area contributed by atoms with Gasteiger partial charge in [0.05, 0.1) is 5.69 Å². The number of aryl methyl sites for hydroxylation is 2. The van der Waals surface area contributed by atoms with Crippen molar-refractivity contribution in [3.8, 4) is 0 Å². The van der Waals surface area contributed by atoms with Gasteiger partial charge in [-0.05, 0) is 25.7 Å².